The summed E-state index contributed by atoms with van der Waals surface area (Å²) in [7, 11) is 1.64. The van der Waals surface area contributed by atoms with Crippen LogP contribution in [0.2, 0.25) is 0 Å². The summed E-state index contributed by atoms with van der Waals surface area (Å²) in [4.78, 5) is 0. The molecular formula is C11H8O7W. The summed E-state index contributed by atoms with van der Waals surface area (Å²) in [5.74, 6) is 0.868. The normalized spacial score (nSPS) is 4.58. The van der Waals surface area contributed by atoms with E-state index in [9.17, 15) is 0 Å². The molecule has 0 atom stereocenters. The minimum atomic E-state index is 0. The van der Waals surface area contributed by atoms with Crippen LogP contribution in [-0.4, -0.2) is 7.11 Å². The Labute approximate surface area is 125 Å². The van der Waals surface area contributed by atoms with Crippen molar-refractivity contribution in [2.24, 2.45) is 0 Å². The predicted octanol–water partition coefficient (Wildman–Crippen LogP) is 1.24. The van der Waals surface area contributed by atoms with Crippen molar-refractivity contribution in [3.63, 3.8) is 0 Å². The van der Waals surface area contributed by atoms with Gasteiger partial charge in [0, 0.05) is 28.2 Å². The second-order valence-corrected chi connectivity index (χ2v) is 1.51. The summed E-state index contributed by atoms with van der Waals surface area (Å²) in [5.41, 5.74) is 0. The van der Waals surface area contributed by atoms with Gasteiger partial charge in [-0.2, -0.15) is 0 Å². The van der Waals surface area contributed by atoms with Gasteiger partial charge in [0.15, 0.2) is 0 Å². The maximum atomic E-state index is 7.50. The molecule has 0 saturated carbocycles. The molecule has 0 aliphatic heterocycles. The van der Waals surface area contributed by atoms with E-state index < -0.39 is 0 Å². The van der Waals surface area contributed by atoms with E-state index in [-0.39, 0.29) is 21.1 Å². The maximum Gasteiger partial charge on any atom is 0 e. The molecule has 0 radical (unpaired) electrons. The first-order valence-corrected chi connectivity index (χ1v) is 3.47. The van der Waals surface area contributed by atoms with E-state index in [2.05, 4.69) is 33.3 Å². The van der Waals surface area contributed by atoms with E-state index in [4.69, 9.17) is 32.4 Å². The molecule has 0 N–H and O–H groups in total. The summed E-state index contributed by atoms with van der Waals surface area (Å²) >= 11 is 0. The van der Waals surface area contributed by atoms with Crippen molar-refractivity contribution in [1.29, 1.82) is 0 Å². The average molecular weight is 436 g/mol. The Morgan fingerprint density at radius 1 is 0.947 bits per heavy atom. The van der Waals surface area contributed by atoms with Crippen LogP contribution in [0.3, 0.4) is 0 Å². The summed E-state index contributed by atoms with van der Waals surface area (Å²) in [5, 5.41) is 0. The molecule has 0 unspecified atom stereocenters. The third-order valence-electron chi connectivity index (χ3n) is 0.867. The van der Waals surface area contributed by atoms with E-state index >= 15 is 0 Å². The van der Waals surface area contributed by atoms with Crippen molar-refractivity contribution >= 4 is 0 Å². The van der Waals surface area contributed by atoms with Gasteiger partial charge in [0.25, 0.3) is 0 Å². The molecule has 0 bridgehead atoms. The third kappa shape index (κ3) is 47.8. The number of methoxy groups -OCH3 is 1. The standard InChI is InChI=1S/C6H8O2.5CO.W/c1-7-5-6-3-2-4-8-6;5*1-2;/h2-4H,5H2,1H3;;;;;;. The monoisotopic (exact) mass is 436 g/mol. The van der Waals surface area contributed by atoms with E-state index in [0.717, 1.165) is 5.76 Å². The van der Waals surface area contributed by atoms with Gasteiger partial charge in [-0.1, -0.05) is 0 Å². The fraction of sp³-hybridized carbons (Fsp3) is 0.182. The number of rotatable bonds is 2. The smallest absolute Gasteiger partial charge is 0 e. The molecule has 0 amide bonds. The van der Waals surface area contributed by atoms with Crippen LogP contribution in [0.1, 0.15) is 5.76 Å². The van der Waals surface area contributed by atoms with Gasteiger partial charge in [0.2, 0.25) is 0 Å². The van der Waals surface area contributed by atoms with E-state index in [1.54, 1.807) is 13.4 Å². The molecule has 8 heteroatoms. The SMILES string of the molecule is COCc1ccco1.[C-]#[O+].[C-]#[O+].[C-]#[O+].[C-]#[O+].[C-]#[O+].[W]. The van der Waals surface area contributed by atoms with Gasteiger partial charge in [0.1, 0.15) is 12.4 Å². The van der Waals surface area contributed by atoms with E-state index in [1.807, 2.05) is 12.1 Å². The zero-order chi connectivity index (χ0) is 15.8. The first-order chi connectivity index (χ1) is 8.93. The largest absolute Gasteiger partial charge is 0 e. The zero-order valence-electron chi connectivity index (χ0n) is 9.71. The predicted molar refractivity (Wildman–Crippen MR) is 49.1 cm³/mol. The van der Waals surface area contributed by atoms with Crippen molar-refractivity contribution in [1.82, 2.24) is 0 Å². The van der Waals surface area contributed by atoms with Crippen LogP contribution in [0, 0.1) is 33.3 Å². The Hall–Kier alpha value is -1.37. The quantitative estimate of drug-likeness (QED) is 0.512. The Balaban J connectivity index is -0.0000000332. The topological polar surface area (TPSA) is 122 Å². The molecule has 0 aliphatic carbocycles. The minimum Gasteiger partial charge on any atom is 0 e. The molecule has 1 heterocycles. The van der Waals surface area contributed by atoms with Gasteiger partial charge >= 0.3 is 56.5 Å². The van der Waals surface area contributed by atoms with Crippen molar-refractivity contribution in [2.75, 3.05) is 7.11 Å². The number of furan rings is 1. The van der Waals surface area contributed by atoms with Gasteiger partial charge in [-0.3, -0.25) is 0 Å². The Kier molecular flexibility index (Phi) is 132. The van der Waals surface area contributed by atoms with Gasteiger partial charge in [-0.05, 0) is 12.1 Å². The van der Waals surface area contributed by atoms with Gasteiger partial charge in [0.05, 0.1) is 6.26 Å². The van der Waals surface area contributed by atoms with Crippen molar-refractivity contribution in [3.8, 4) is 0 Å². The van der Waals surface area contributed by atoms with E-state index in [0.29, 0.717) is 6.61 Å². The Bertz CT molecular complexity index is 273. The van der Waals surface area contributed by atoms with E-state index in [1.165, 1.54) is 0 Å². The molecule has 100 valence electrons. The molecule has 7 nitrogen and oxygen atoms in total. The number of ether oxygens (including phenoxy) is 1. The molecule has 0 fully saturated rings. The second kappa shape index (κ2) is 69.8. The molecule has 0 spiro atoms. The van der Waals surface area contributed by atoms with Crippen LogP contribution in [-0.2, 0) is 55.7 Å². The molecule has 0 aliphatic rings. The molecule has 1 rings (SSSR count). The van der Waals surface area contributed by atoms with Crippen molar-refractivity contribution < 1.29 is 53.5 Å². The van der Waals surface area contributed by atoms with Crippen LogP contribution < -0.4 is 0 Å². The van der Waals surface area contributed by atoms with Crippen molar-refractivity contribution in [3.05, 3.63) is 57.4 Å². The summed E-state index contributed by atoms with van der Waals surface area (Å²) < 4.78 is 47.2. The van der Waals surface area contributed by atoms with Crippen LogP contribution in [0.4, 0.5) is 0 Å². The van der Waals surface area contributed by atoms with Crippen LogP contribution in [0.5, 0.6) is 0 Å². The molecule has 19 heavy (non-hydrogen) atoms. The summed E-state index contributed by atoms with van der Waals surface area (Å²) in [6.07, 6.45) is 1.63. The molecule has 0 saturated heterocycles. The maximum absolute atomic E-state index is 7.50. The van der Waals surface area contributed by atoms with Crippen molar-refractivity contribution in [2.45, 2.75) is 6.61 Å². The van der Waals surface area contributed by atoms with Gasteiger partial charge in [-0.25, -0.2) is 0 Å². The average Bonchev–Trinajstić information content (AvgIpc) is 3.03. The second-order valence-electron chi connectivity index (χ2n) is 1.51. The molecule has 1 aromatic heterocycles. The first-order valence-electron chi connectivity index (χ1n) is 3.47. The zero-order valence-corrected chi connectivity index (χ0v) is 12.6. The van der Waals surface area contributed by atoms with Gasteiger partial charge < -0.3 is 9.15 Å². The number of hydrogen-bond acceptors (Lipinski definition) is 2. The molecule has 1 aromatic rings. The molecular weight excluding hydrogens is 428 g/mol. The summed E-state index contributed by atoms with van der Waals surface area (Å²) in [6.45, 7) is 23.1. The Morgan fingerprint density at radius 3 is 1.53 bits per heavy atom. The third-order valence-corrected chi connectivity index (χ3v) is 0.867. The first kappa shape index (κ1) is 36.0. The summed E-state index contributed by atoms with van der Waals surface area (Å²) in [6, 6.07) is 3.72. The fourth-order valence-electron chi connectivity index (χ4n) is 0.537. The van der Waals surface area contributed by atoms with Gasteiger partial charge in [-0.15, -0.1) is 0 Å². The van der Waals surface area contributed by atoms with Crippen LogP contribution in [0.15, 0.2) is 22.8 Å². The minimum absolute atomic E-state index is 0. The van der Waals surface area contributed by atoms with Crippen LogP contribution >= 0.6 is 0 Å². The molecule has 0 aromatic carbocycles. The fourth-order valence-corrected chi connectivity index (χ4v) is 0.537. The van der Waals surface area contributed by atoms with Crippen LogP contribution in [0.25, 0.3) is 0 Å². The Morgan fingerprint density at radius 2 is 1.32 bits per heavy atom. The number of hydrogen-bond donors (Lipinski definition) is 0.